The third-order valence-corrected chi connectivity index (χ3v) is 6.95. The highest BCUT2D eigenvalue weighted by molar-refractivity contribution is 9.10. The molecule has 0 spiro atoms. The van der Waals surface area contributed by atoms with E-state index in [9.17, 15) is 14.4 Å². The number of benzene rings is 3. The van der Waals surface area contributed by atoms with Crippen LogP contribution >= 0.6 is 15.9 Å². The summed E-state index contributed by atoms with van der Waals surface area (Å²) in [5.74, 6) is 0.719. The number of ether oxygens (including phenoxy) is 3. The van der Waals surface area contributed by atoms with Gasteiger partial charge in [0.05, 0.1) is 12.3 Å². The van der Waals surface area contributed by atoms with Crippen molar-refractivity contribution in [1.29, 1.82) is 0 Å². The highest BCUT2D eigenvalue weighted by Crippen LogP contribution is 2.31. The van der Waals surface area contributed by atoms with E-state index < -0.39 is 17.8 Å². The molecule has 0 bridgehead atoms. The Morgan fingerprint density at radius 2 is 1.57 bits per heavy atom. The minimum atomic E-state index is -0.804. The quantitative estimate of drug-likeness (QED) is 0.152. The molecule has 3 aromatic carbocycles. The highest BCUT2D eigenvalue weighted by atomic mass is 79.9. The molecule has 4 amide bonds. The molecular weight excluding hydrogens is 576 g/mol. The predicted octanol–water partition coefficient (Wildman–Crippen LogP) is 6.49. The third-order valence-electron chi connectivity index (χ3n) is 6.43. The number of urea groups is 1. The van der Waals surface area contributed by atoms with Crippen molar-refractivity contribution < 1.29 is 28.6 Å². The number of imide groups is 2. The molecule has 1 fully saturated rings. The van der Waals surface area contributed by atoms with Gasteiger partial charge in [-0.1, -0.05) is 54.0 Å². The summed E-state index contributed by atoms with van der Waals surface area (Å²) < 4.78 is 18.5. The van der Waals surface area contributed by atoms with Crippen LogP contribution in [-0.2, 0) is 9.59 Å². The lowest BCUT2D eigenvalue weighted by atomic mass is 9.98. The van der Waals surface area contributed by atoms with Gasteiger partial charge >= 0.3 is 6.03 Å². The maximum absolute atomic E-state index is 13.2. The summed E-state index contributed by atoms with van der Waals surface area (Å²) in [6.07, 6.45) is 2.44. The van der Waals surface area contributed by atoms with Crippen LogP contribution in [0.25, 0.3) is 6.08 Å². The molecule has 1 unspecified atom stereocenters. The molecular formula is C31H31BrN2O6. The second-order valence-electron chi connectivity index (χ2n) is 9.12. The Kier molecular flexibility index (Phi) is 9.60. The summed E-state index contributed by atoms with van der Waals surface area (Å²) in [5, 5.41) is 2.23. The molecule has 40 heavy (non-hydrogen) atoms. The normalized spacial score (nSPS) is 15.2. The van der Waals surface area contributed by atoms with Gasteiger partial charge in [0.2, 0.25) is 0 Å². The van der Waals surface area contributed by atoms with Crippen molar-refractivity contribution in [3.63, 3.8) is 0 Å². The fraction of sp³-hybridized carbons (Fsp3) is 0.258. The average Bonchev–Trinajstić information content (AvgIpc) is 2.95. The number of nitrogens with zero attached hydrogens (tertiary/aromatic N) is 1. The number of carbonyl (C=O) groups excluding carboxylic acids is 3. The van der Waals surface area contributed by atoms with Crippen molar-refractivity contribution in [2.45, 2.75) is 33.1 Å². The van der Waals surface area contributed by atoms with Gasteiger partial charge in [0.15, 0.2) is 11.5 Å². The topological polar surface area (TPSA) is 94.2 Å². The number of barbiturate groups is 1. The van der Waals surface area contributed by atoms with Crippen LogP contribution in [0.4, 0.5) is 10.5 Å². The highest BCUT2D eigenvalue weighted by Gasteiger charge is 2.36. The van der Waals surface area contributed by atoms with Crippen LogP contribution in [0.1, 0.15) is 44.2 Å². The number of hydrogen-bond acceptors (Lipinski definition) is 6. The molecule has 1 heterocycles. The number of hydrogen-bond donors (Lipinski definition) is 1. The summed E-state index contributed by atoms with van der Waals surface area (Å²) in [7, 11) is 0. The Labute approximate surface area is 242 Å². The largest absolute Gasteiger partial charge is 0.490 e. The summed E-state index contributed by atoms with van der Waals surface area (Å²) in [6, 6.07) is 19.0. The van der Waals surface area contributed by atoms with Gasteiger partial charge in [0.1, 0.15) is 24.5 Å². The Morgan fingerprint density at radius 3 is 2.27 bits per heavy atom. The fourth-order valence-corrected chi connectivity index (χ4v) is 4.46. The Bertz CT molecular complexity index is 1420. The van der Waals surface area contributed by atoms with E-state index in [1.54, 1.807) is 42.5 Å². The standard InChI is InChI=1S/C31H31BrN2O6/c1-4-20(3)24-8-6-7-9-26(24)39-16-17-40-27-15-10-21(19-28(27)38-5-2)18-25-29(35)33-31(37)34(30(25)36)23-13-11-22(32)12-14-23/h6-15,18-20H,4-5,16-17H2,1-3H3,(H,33,35,37). The van der Waals surface area contributed by atoms with Crippen LogP contribution in [-0.4, -0.2) is 37.7 Å². The first-order valence-electron chi connectivity index (χ1n) is 13.1. The third kappa shape index (κ3) is 6.71. The number of halogens is 1. The first-order chi connectivity index (χ1) is 19.3. The molecule has 1 saturated heterocycles. The first-order valence-corrected chi connectivity index (χ1v) is 13.9. The molecule has 1 N–H and O–H groups in total. The number of rotatable bonds is 11. The van der Waals surface area contributed by atoms with Crippen LogP contribution < -0.4 is 24.4 Å². The second kappa shape index (κ2) is 13.3. The molecule has 0 saturated carbocycles. The molecule has 9 heteroatoms. The van der Waals surface area contributed by atoms with Gasteiger partial charge in [-0.2, -0.15) is 0 Å². The van der Waals surface area contributed by atoms with E-state index in [0.717, 1.165) is 21.5 Å². The first kappa shape index (κ1) is 28.9. The van der Waals surface area contributed by atoms with Crippen LogP contribution in [0.3, 0.4) is 0 Å². The van der Waals surface area contributed by atoms with Crippen LogP contribution in [0.15, 0.2) is 76.8 Å². The maximum Gasteiger partial charge on any atom is 0.335 e. The van der Waals surface area contributed by atoms with E-state index in [1.165, 1.54) is 11.6 Å². The zero-order chi connectivity index (χ0) is 28.6. The summed E-state index contributed by atoms with van der Waals surface area (Å²) in [4.78, 5) is 39.1. The van der Waals surface area contributed by atoms with Crippen molar-refractivity contribution >= 4 is 45.5 Å². The average molecular weight is 608 g/mol. The number of anilines is 1. The number of nitrogens with one attached hydrogen (secondary N) is 1. The summed E-state index contributed by atoms with van der Waals surface area (Å²) >= 11 is 3.33. The maximum atomic E-state index is 13.2. The summed E-state index contributed by atoms with van der Waals surface area (Å²) in [5.41, 5.74) is 1.88. The van der Waals surface area contributed by atoms with E-state index in [0.29, 0.717) is 48.5 Å². The van der Waals surface area contributed by atoms with Crippen molar-refractivity contribution in [2.24, 2.45) is 0 Å². The lowest BCUT2D eigenvalue weighted by Gasteiger charge is -2.26. The molecule has 0 aliphatic carbocycles. The molecule has 0 radical (unpaired) electrons. The zero-order valence-electron chi connectivity index (χ0n) is 22.6. The van der Waals surface area contributed by atoms with Crippen molar-refractivity contribution in [3.05, 3.63) is 87.9 Å². The van der Waals surface area contributed by atoms with Gasteiger partial charge in [0, 0.05) is 4.47 Å². The fourth-order valence-electron chi connectivity index (χ4n) is 4.19. The number of para-hydroxylation sites is 1. The Hall–Kier alpha value is -4.11. The van der Waals surface area contributed by atoms with E-state index in [1.807, 2.05) is 25.1 Å². The van der Waals surface area contributed by atoms with E-state index in [2.05, 4.69) is 41.2 Å². The summed E-state index contributed by atoms with van der Waals surface area (Å²) in [6.45, 7) is 7.20. The van der Waals surface area contributed by atoms with Crippen molar-refractivity contribution in [2.75, 3.05) is 24.7 Å². The molecule has 0 aromatic heterocycles. The van der Waals surface area contributed by atoms with Gasteiger partial charge in [-0.25, -0.2) is 9.69 Å². The number of amides is 4. The zero-order valence-corrected chi connectivity index (χ0v) is 24.2. The lowest BCUT2D eigenvalue weighted by molar-refractivity contribution is -0.122. The predicted molar refractivity (Wildman–Crippen MR) is 157 cm³/mol. The molecule has 208 valence electrons. The molecule has 1 aliphatic rings. The van der Waals surface area contributed by atoms with Crippen LogP contribution in [0.5, 0.6) is 17.2 Å². The molecule has 1 atom stereocenters. The molecule has 8 nitrogen and oxygen atoms in total. The molecule has 4 rings (SSSR count). The Morgan fingerprint density at radius 1 is 0.875 bits per heavy atom. The van der Waals surface area contributed by atoms with E-state index in [4.69, 9.17) is 14.2 Å². The van der Waals surface area contributed by atoms with Crippen LogP contribution in [0.2, 0.25) is 0 Å². The SMILES string of the molecule is CCOc1cc(C=C2C(=O)NC(=O)N(c3ccc(Br)cc3)C2=O)ccc1OCCOc1ccccc1C(C)CC. The van der Waals surface area contributed by atoms with Gasteiger partial charge in [0.25, 0.3) is 11.8 Å². The van der Waals surface area contributed by atoms with E-state index >= 15 is 0 Å². The van der Waals surface area contributed by atoms with Gasteiger partial charge < -0.3 is 14.2 Å². The second-order valence-corrected chi connectivity index (χ2v) is 10.0. The number of carbonyl (C=O) groups is 3. The minimum absolute atomic E-state index is 0.174. The molecule has 1 aliphatic heterocycles. The monoisotopic (exact) mass is 606 g/mol. The van der Waals surface area contributed by atoms with Gasteiger partial charge in [-0.15, -0.1) is 0 Å². The Balaban J connectivity index is 1.48. The lowest BCUT2D eigenvalue weighted by Crippen LogP contribution is -2.54. The van der Waals surface area contributed by atoms with Crippen LogP contribution in [0, 0.1) is 0 Å². The smallest absolute Gasteiger partial charge is 0.335 e. The minimum Gasteiger partial charge on any atom is -0.490 e. The molecule has 3 aromatic rings. The van der Waals surface area contributed by atoms with Crippen molar-refractivity contribution in [1.82, 2.24) is 5.32 Å². The van der Waals surface area contributed by atoms with Crippen molar-refractivity contribution in [3.8, 4) is 17.2 Å². The van der Waals surface area contributed by atoms with Gasteiger partial charge in [-0.05, 0) is 78.9 Å². The van der Waals surface area contributed by atoms with E-state index in [-0.39, 0.29) is 5.57 Å². The van der Waals surface area contributed by atoms with Gasteiger partial charge in [-0.3, -0.25) is 14.9 Å².